The Morgan fingerprint density at radius 1 is 1.03 bits per heavy atom. The third-order valence-corrected chi connectivity index (χ3v) is 7.35. The summed E-state index contributed by atoms with van der Waals surface area (Å²) in [6.45, 7) is 12.8. The highest BCUT2D eigenvalue weighted by Crippen LogP contribution is 2.49. The number of aryl methyl sites for hydroxylation is 1. The van der Waals surface area contributed by atoms with Crippen molar-refractivity contribution in [3.05, 3.63) is 95.5 Å². The van der Waals surface area contributed by atoms with Gasteiger partial charge in [0.15, 0.2) is 0 Å². The van der Waals surface area contributed by atoms with E-state index in [9.17, 15) is 0 Å². The molecule has 0 saturated carbocycles. The fourth-order valence-electron chi connectivity index (χ4n) is 4.67. The SMILES string of the molecule is C=CC(=CC)n1cc(-c2ccc(C)s2)nc1-c1ccc2c(c1)C(C)(C)c1ccccc1-2. The average molecular weight is 423 g/mol. The first kappa shape index (κ1) is 19.8. The highest BCUT2D eigenvalue weighted by molar-refractivity contribution is 7.15. The fraction of sp³-hybridized carbons (Fsp3) is 0.179. The summed E-state index contributed by atoms with van der Waals surface area (Å²) in [4.78, 5) is 7.56. The number of hydrogen-bond donors (Lipinski definition) is 0. The van der Waals surface area contributed by atoms with Gasteiger partial charge in [-0.1, -0.05) is 62.9 Å². The molecule has 3 heteroatoms. The number of hydrogen-bond acceptors (Lipinski definition) is 2. The summed E-state index contributed by atoms with van der Waals surface area (Å²) in [5.74, 6) is 0.948. The van der Waals surface area contributed by atoms with Gasteiger partial charge in [0.25, 0.3) is 0 Å². The maximum atomic E-state index is 5.09. The van der Waals surface area contributed by atoms with E-state index < -0.39 is 0 Å². The van der Waals surface area contributed by atoms with Crippen molar-refractivity contribution in [1.82, 2.24) is 9.55 Å². The standard InChI is InChI=1S/C28H26N2S/c1-6-20(7-2)30-17-25(26-15-12-18(3)31-26)29-27(30)19-13-14-22-21-10-8-9-11-23(21)28(4,5)24(22)16-19/h6-17H,1H2,2-5H3. The Labute approximate surface area is 188 Å². The van der Waals surface area contributed by atoms with E-state index in [0.29, 0.717) is 0 Å². The molecule has 0 fully saturated rings. The van der Waals surface area contributed by atoms with Gasteiger partial charge in [0.1, 0.15) is 5.82 Å². The van der Waals surface area contributed by atoms with E-state index in [1.54, 1.807) is 11.3 Å². The van der Waals surface area contributed by atoms with Crippen molar-refractivity contribution in [3.8, 4) is 33.1 Å². The lowest BCUT2D eigenvalue weighted by molar-refractivity contribution is 0.660. The number of fused-ring (bicyclic) bond motifs is 3. The lowest BCUT2D eigenvalue weighted by Crippen LogP contribution is -2.15. The molecule has 0 N–H and O–H groups in total. The highest BCUT2D eigenvalue weighted by atomic mass is 32.1. The van der Waals surface area contributed by atoms with Gasteiger partial charge in [0.05, 0.1) is 10.6 Å². The van der Waals surface area contributed by atoms with E-state index in [0.717, 1.165) is 22.8 Å². The van der Waals surface area contributed by atoms with Gasteiger partial charge < -0.3 is 0 Å². The summed E-state index contributed by atoms with van der Waals surface area (Å²) in [7, 11) is 0. The van der Waals surface area contributed by atoms with Gasteiger partial charge in [-0.2, -0.15) is 0 Å². The molecule has 31 heavy (non-hydrogen) atoms. The van der Waals surface area contributed by atoms with Crippen molar-refractivity contribution >= 4 is 17.0 Å². The summed E-state index contributed by atoms with van der Waals surface area (Å²) >= 11 is 1.78. The molecule has 1 aliphatic rings. The normalized spacial score (nSPS) is 14.4. The number of allylic oxidation sites excluding steroid dienone is 3. The van der Waals surface area contributed by atoms with E-state index in [-0.39, 0.29) is 5.41 Å². The number of aromatic nitrogens is 2. The van der Waals surface area contributed by atoms with Crippen LogP contribution in [0.2, 0.25) is 0 Å². The van der Waals surface area contributed by atoms with Crippen LogP contribution in [0.4, 0.5) is 0 Å². The second-order valence-electron chi connectivity index (χ2n) is 8.58. The van der Waals surface area contributed by atoms with Crippen LogP contribution in [0.15, 0.2) is 79.5 Å². The number of thiophene rings is 1. The summed E-state index contributed by atoms with van der Waals surface area (Å²) in [6.07, 6.45) is 6.10. The summed E-state index contributed by atoms with van der Waals surface area (Å²) in [6, 6.07) is 19.8. The van der Waals surface area contributed by atoms with Crippen LogP contribution in [0.25, 0.3) is 38.8 Å². The first-order valence-electron chi connectivity index (χ1n) is 10.6. The van der Waals surface area contributed by atoms with Gasteiger partial charge in [-0.05, 0) is 60.4 Å². The van der Waals surface area contributed by atoms with Crippen LogP contribution in [0.5, 0.6) is 0 Å². The molecule has 2 aromatic carbocycles. The van der Waals surface area contributed by atoms with E-state index in [4.69, 9.17) is 4.98 Å². The van der Waals surface area contributed by atoms with Crippen LogP contribution in [0.1, 0.15) is 36.8 Å². The second-order valence-corrected chi connectivity index (χ2v) is 9.87. The Hall–Kier alpha value is -3.17. The predicted octanol–water partition coefficient (Wildman–Crippen LogP) is 7.94. The zero-order valence-corrected chi connectivity index (χ0v) is 19.3. The lowest BCUT2D eigenvalue weighted by atomic mass is 9.82. The molecule has 2 aromatic heterocycles. The topological polar surface area (TPSA) is 17.8 Å². The first-order valence-corrected chi connectivity index (χ1v) is 11.5. The van der Waals surface area contributed by atoms with Crippen molar-refractivity contribution in [2.45, 2.75) is 33.1 Å². The molecule has 2 heterocycles. The molecule has 2 nitrogen and oxygen atoms in total. The van der Waals surface area contributed by atoms with Gasteiger partial charge in [0, 0.05) is 27.7 Å². The number of rotatable bonds is 4. The Balaban J connectivity index is 1.70. The maximum Gasteiger partial charge on any atom is 0.145 e. The van der Waals surface area contributed by atoms with E-state index in [1.165, 1.54) is 32.0 Å². The molecule has 0 atom stereocenters. The molecule has 1 aliphatic carbocycles. The Morgan fingerprint density at radius 3 is 2.52 bits per heavy atom. The van der Waals surface area contributed by atoms with Crippen LogP contribution >= 0.6 is 11.3 Å². The quantitative estimate of drug-likeness (QED) is 0.305. The third kappa shape index (κ3) is 3.03. The number of nitrogens with zero attached hydrogens (tertiary/aromatic N) is 2. The fourth-order valence-corrected chi connectivity index (χ4v) is 5.49. The number of benzene rings is 2. The minimum absolute atomic E-state index is 0.0328. The largest absolute Gasteiger partial charge is 0.299 e. The third-order valence-electron chi connectivity index (χ3n) is 6.32. The van der Waals surface area contributed by atoms with Gasteiger partial charge in [0.2, 0.25) is 0 Å². The zero-order valence-electron chi connectivity index (χ0n) is 18.4. The van der Waals surface area contributed by atoms with E-state index in [2.05, 4.69) is 98.8 Å². The average Bonchev–Trinajstić information content (AvgIpc) is 3.46. The van der Waals surface area contributed by atoms with Crippen LogP contribution in [-0.2, 0) is 5.41 Å². The minimum Gasteiger partial charge on any atom is -0.299 e. The smallest absolute Gasteiger partial charge is 0.145 e. The molecule has 0 bridgehead atoms. The van der Waals surface area contributed by atoms with Gasteiger partial charge in [-0.25, -0.2) is 4.98 Å². The molecule has 0 unspecified atom stereocenters. The highest BCUT2D eigenvalue weighted by Gasteiger charge is 2.35. The van der Waals surface area contributed by atoms with Crippen LogP contribution in [-0.4, -0.2) is 9.55 Å². The number of imidazole rings is 1. The summed E-state index contributed by atoms with van der Waals surface area (Å²) in [5, 5.41) is 0. The molecule has 154 valence electrons. The van der Waals surface area contributed by atoms with Gasteiger partial charge in [-0.3, -0.25) is 4.57 Å². The molecule has 0 saturated heterocycles. The molecular formula is C28H26N2S. The van der Waals surface area contributed by atoms with Gasteiger partial charge in [-0.15, -0.1) is 11.3 Å². The minimum atomic E-state index is -0.0328. The van der Waals surface area contributed by atoms with Crippen molar-refractivity contribution in [3.63, 3.8) is 0 Å². The maximum absolute atomic E-state index is 5.09. The van der Waals surface area contributed by atoms with Crippen molar-refractivity contribution < 1.29 is 0 Å². The van der Waals surface area contributed by atoms with Crippen LogP contribution < -0.4 is 0 Å². The van der Waals surface area contributed by atoms with Gasteiger partial charge >= 0.3 is 0 Å². The summed E-state index contributed by atoms with van der Waals surface area (Å²) in [5.41, 5.74) is 8.53. The summed E-state index contributed by atoms with van der Waals surface area (Å²) < 4.78 is 2.16. The van der Waals surface area contributed by atoms with Crippen molar-refractivity contribution in [1.29, 1.82) is 0 Å². The Morgan fingerprint density at radius 2 is 1.81 bits per heavy atom. The lowest BCUT2D eigenvalue weighted by Gasteiger charge is -2.22. The van der Waals surface area contributed by atoms with E-state index >= 15 is 0 Å². The molecule has 5 rings (SSSR count). The Bertz CT molecular complexity index is 1350. The second kappa shape index (κ2) is 7.21. The van der Waals surface area contributed by atoms with Crippen molar-refractivity contribution in [2.75, 3.05) is 0 Å². The molecule has 0 spiro atoms. The Kier molecular flexibility index (Phi) is 4.60. The van der Waals surface area contributed by atoms with E-state index in [1.807, 2.05) is 13.0 Å². The molecule has 0 aliphatic heterocycles. The molecular weight excluding hydrogens is 396 g/mol. The molecule has 4 aromatic rings. The van der Waals surface area contributed by atoms with Crippen molar-refractivity contribution in [2.24, 2.45) is 0 Å². The van der Waals surface area contributed by atoms with Crippen LogP contribution in [0.3, 0.4) is 0 Å². The predicted molar refractivity (Wildman–Crippen MR) is 133 cm³/mol. The first-order chi connectivity index (χ1) is 14.9. The molecule has 0 radical (unpaired) electrons. The molecule has 0 amide bonds. The monoisotopic (exact) mass is 422 g/mol. The van der Waals surface area contributed by atoms with Crippen LogP contribution in [0, 0.1) is 6.92 Å². The zero-order chi connectivity index (χ0) is 21.8.